The molecule has 4 nitrogen and oxygen atoms in total. The molecule has 2 aromatic rings. The van der Waals surface area contributed by atoms with Crippen molar-refractivity contribution < 1.29 is 13.9 Å². The molecule has 100 valence electrons. The topological polar surface area (TPSA) is 51.5 Å². The molecule has 1 N–H and O–H groups in total. The highest BCUT2D eigenvalue weighted by molar-refractivity contribution is 5.86. The SMILES string of the molecule is COC(=O)c1ccc(CNC(C)c2ccccc2)o1. The van der Waals surface area contributed by atoms with Crippen molar-refractivity contribution in [2.75, 3.05) is 7.11 Å². The Balaban J connectivity index is 1.92. The van der Waals surface area contributed by atoms with Gasteiger partial charge in [0, 0.05) is 6.04 Å². The normalized spacial score (nSPS) is 12.1. The van der Waals surface area contributed by atoms with E-state index in [0.717, 1.165) is 0 Å². The van der Waals surface area contributed by atoms with Gasteiger partial charge in [0.25, 0.3) is 0 Å². The third-order valence-corrected chi connectivity index (χ3v) is 2.93. The fourth-order valence-corrected chi connectivity index (χ4v) is 1.80. The predicted octanol–water partition coefficient (Wildman–Crippen LogP) is 2.92. The molecule has 2 rings (SSSR count). The monoisotopic (exact) mass is 259 g/mol. The van der Waals surface area contributed by atoms with E-state index in [0.29, 0.717) is 12.3 Å². The van der Waals surface area contributed by atoms with Gasteiger partial charge in [-0.15, -0.1) is 0 Å². The number of carbonyl (C=O) groups excluding carboxylic acids is 1. The van der Waals surface area contributed by atoms with Gasteiger partial charge in [0.2, 0.25) is 5.76 Å². The Kier molecular flexibility index (Phi) is 4.36. The highest BCUT2D eigenvalue weighted by atomic mass is 16.5. The molecule has 4 heteroatoms. The highest BCUT2D eigenvalue weighted by Crippen LogP contribution is 2.14. The molecule has 0 spiro atoms. The fraction of sp³-hybridized carbons (Fsp3) is 0.267. The first-order chi connectivity index (χ1) is 9.20. The standard InChI is InChI=1S/C15H17NO3/c1-11(12-6-4-3-5-7-12)16-10-13-8-9-14(19-13)15(17)18-2/h3-9,11,16H,10H2,1-2H3. The maximum absolute atomic E-state index is 11.2. The summed E-state index contributed by atoms with van der Waals surface area (Å²) in [7, 11) is 1.33. The fourth-order valence-electron chi connectivity index (χ4n) is 1.80. The summed E-state index contributed by atoms with van der Waals surface area (Å²) in [5.41, 5.74) is 1.21. The molecule has 1 atom stereocenters. The van der Waals surface area contributed by atoms with Crippen molar-refractivity contribution >= 4 is 5.97 Å². The lowest BCUT2D eigenvalue weighted by Gasteiger charge is -2.12. The molecule has 0 saturated heterocycles. The van der Waals surface area contributed by atoms with Crippen LogP contribution in [-0.4, -0.2) is 13.1 Å². The molecule has 0 aliphatic carbocycles. The minimum absolute atomic E-state index is 0.216. The number of methoxy groups -OCH3 is 1. The zero-order chi connectivity index (χ0) is 13.7. The summed E-state index contributed by atoms with van der Waals surface area (Å²) in [6.07, 6.45) is 0. The minimum atomic E-state index is -0.456. The summed E-state index contributed by atoms with van der Waals surface area (Å²) in [4.78, 5) is 11.2. The van der Waals surface area contributed by atoms with Crippen molar-refractivity contribution in [2.45, 2.75) is 19.5 Å². The molecule has 19 heavy (non-hydrogen) atoms. The molecule has 0 aliphatic heterocycles. The van der Waals surface area contributed by atoms with Crippen LogP contribution in [-0.2, 0) is 11.3 Å². The van der Waals surface area contributed by atoms with Crippen LogP contribution in [0.4, 0.5) is 0 Å². The van der Waals surface area contributed by atoms with Gasteiger partial charge < -0.3 is 14.5 Å². The Bertz CT molecular complexity index is 533. The number of benzene rings is 1. The maximum atomic E-state index is 11.2. The molecule has 1 heterocycles. The van der Waals surface area contributed by atoms with Gasteiger partial charge >= 0.3 is 5.97 Å². The summed E-state index contributed by atoms with van der Waals surface area (Å²) in [5, 5.41) is 3.34. The van der Waals surface area contributed by atoms with Gasteiger partial charge in [-0.2, -0.15) is 0 Å². The molecular formula is C15H17NO3. The lowest BCUT2D eigenvalue weighted by atomic mass is 10.1. The van der Waals surface area contributed by atoms with Gasteiger partial charge in [-0.25, -0.2) is 4.79 Å². The quantitative estimate of drug-likeness (QED) is 0.839. The van der Waals surface area contributed by atoms with E-state index < -0.39 is 5.97 Å². The van der Waals surface area contributed by atoms with Crippen molar-refractivity contribution in [3.63, 3.8) is 0 Å². The van der Waals surface area contributed by atoms with Crippen LogP contribution >= 0.6 is 0 Å². The van der Waals surface area contributed by atoms with Crippen LogP contribution in [0.15, 0.2) is 46.9 Å². The zero-order valence-corrected chi connectivity index (χ0v) is 11.1. The van der Waals surface area contributed by atoms with Crippen LogP contribution in [0.2, 0.25) is 0 Å². The van der Waals surface area contributed by atoms with E-state index in [2.05, 4.69) is 29.1 Å². The first kappa shape index (κ1) is 13.4. The average Bonchev–Trinajstić information content (AvgIpc) is 2.93. The Morgan fingerprint density at radius 1 is 1.26 bits per heavy atom. The van der Waals surface area contributed by atoms with Gasteiger partial charge in [0.1, 0.15) is 5.76 Å². The number of ether oxygens (including phenoxy) is 1. The third kappa shape index (κ3) is 3.45. The summed E-state index contributed by atoms with van der Waals surface area (Å²) < 4.78 is 9.98. The number of rotatable bonds is 5. The van der Waals surface area contributed by atoms with E-state index >= 15 is 0 Å². The number of hydrogen-bond acceptors (Lipinski definition) is 4. The van der Waals surface area contributed by atoms with E-state index in [4.69, 9.17) is 4.42 Å². The van der Waals surface area contributed by atoms with Gasteiger partial charge in [-0.3, -0.25) is 0 Å². The molecule has 0 aliphatic rings. The summed E-state index contributed by atoms with van der Waals surface area (Å²) in [6, 6.07) is 13.8. The summed E-state index contributed by atoms with van der Waals surface area (Å²) in [6.45, 7) is 2.65. The molecule has 0 radical (unpaired) electrons. The highest BCUT2D eigenvalue weighted by Gasteiger charge is 2.11. The number of nitrogens with one attached hydrogen (secondary N) is 1. The van der Waals surface area contributed by atoms with Crippen molar-refractivity contribution in [3.05, 3.63) is 59.5 Å². The van der Waals surface area contributed by atoms with Crippen molar-refractivity contribution in [2.24, 2.45) is 0 Å². The molecule has 0 amide bonds. The second-order valence-corrected chi connectivity index (χ2v) is 4.27. The smallest absolute Gasteiger partial charge is 0.373 e. The number of hydrogen-bond donors (Lipinski definition) is 1. The Morgan fingerprint density at radius 3 is 2.68 bits per heavy atom. The van der Waals surface area contributed by atoms with Crippen molar-refractivity contribution in [1.82, 2.24) is 5.32 Å². The van der Waals surface area contributed by atoms with Crippen LogP contribution in [0.3, 0.4) is 0 Å². The van der Waals surface area contributed by atoms with Crippen molar-refractivity contribution in [1.29, 1.82) is 0 Å². The lowest BCUT2D eigenvalue weighted by molar-refractivity contribution is 0.0563. The van der Waals surface area contributed by atoms with E-state index in [9.17, 15) is 4.79 Å². The molecule has 0 fully saturated rings. The molecule has 0 saturated carbocycles. The number of esters is 1. The first-order valence-corrected chi connectivity index (χ1v) is 6.16. The number of furan rings is 1. The zero-order valence-electron chi connectivity index (χ0n) is 11.1. The van der Waals surface area contributed by atoms with E-state index in [1.54, 1.807) is 12.1 Å². The van der Waals surface area contributed by atoms with Gasteiger partial charge in [-0.05, 0) is 24.6 Å². The van der Waals surface area contributed by atoms with Crippen molar-refractivity contribution in [3.8, 4) is 0 Å². The largest absolute Gasteiger partial charge is 0.463 e. The molecule has 0 bridgehead atoms. The third-order valence-electron chi connectivity index (χ3n) is 2.93. The Hall–Kier alpha value is -2.07. The van der Waals surface area contributed by atoms with Crippen LogP contribution in [0, 0.1) is 0 Å². The predicted molar refractivity (Wildman–Crippen MR) is 71.7 cm³/mol. The van der Waals surface area contributed by atoms with E-state index in [-0.39, 0.29) is 11.8 Å². The van der Waals surface area contributed by atoms with Crippen LogP contribution in [0.5, 0.6) is 0 Å². The molecular weight excluding hydrogens is 242 g/mol. The number of carbonyl (C=O) groups is 1. The average molecular weight is 259 g/mol. The van der Waals surface area contributed by atoms with Gasteiger partial charge in [0.15, 0.2) is 0 Å². The second-order valence-electron chi connectivity index (χ2n) is 4.27. The minimum Gasteiger partial charge on any atom is -0.463 e. The van der Waals surface area contributed by atoms with Crippen LogP contribution in [0.1, 0.15) is 34.8 Å². The lowest BCUT2D eigenvalue weighted by Crippen LogP contribution is -2.17. The van der Waals surface area contributed by atoms with E-state index in [1.807, 2.05) is 18.2 Å². The van der Waals surface area contributed by atoms with Gasteiger partial charge in [-0.1, -0.05) is 30.3 Å². The van der Waals surface area contributed by atoms with Crippen LogP contribution < -0.4 is 5.32 Å². The second kappa shape index (κ2) is 6.20. The molecule has 1 unspecified atom stereocenters. The Morgan fingerprint density at radius 2 is 2.00 bits per heavy atom. The van der Waals surface area contributed by atoms with Gasteiger partial charge in [0.05, 0.1) is 13.7 Å². The molecule has 1 aromatic heterocycles. The van der Waals surface area contributed by atoms with Crippen LogP contribution in [0.25, 0.3) is 0 Å². The maximum Gasteiger partial charge on any atom is 0.373 e. The Labute approximate surface area is 112 Å². The summed E-state index contributed by atoms with van der Waals surface area (Å²) in [5.74, 6) is 0.484. The molecule has 1 aromatic carbocycles. The van der Waals surface area contributed by atoms with E-state index in [1.165, 1.54) is 12.7 Å². The first-order valence-electron chi connectivity index (χ1n) is 6.16. The summed E-state index contributed by atoms with van der Waals surface area (Å²) >= 11 is 0.